The molecule has 1 aromatic heterocycles. The molecule has 8 nitrogen and oxygen atoms in total. The third kappa shape index (κ3) is 3.89. The first-order valence-corrected chi connectivity index (χ1v) is 10.2. The second-order valence-corrected chi connectivity index (χ2v) is 8.63. The second kappa shape index (κ2) is 7.53. The molecule has 1 aliphatic rings. The smallest absolute Gasteiger partial charge is 0.265 e. The Morgan fingerprint density at radius 2 is 2.00 bits per heavy atom. The van der Waals surface area contributed by atoms with E-state index in [4.69, 9.17) is 4.42 Å². The zero-order chi connectivity index (χ0) is 20.6. The molecule has 1 saturated heterocycles. The number of hydrogen-bond acceptors (Lipinski definition) is 6. The largest absolute Gasteiger partial charge is 0.463 e. The Kier molecular flexibility index (Phi) is 5.46. The summed E-state index contributed by atoms with van der Waals surface area (Å²) in [4.78, 5) is 13.8. The summed E-state index contributed by atoms with van der Waals surface area (Å²) in [5.74, 6) is -0.529. The van der Waals surface area contributed by atoms with Crippen molar-refractivity contribution in [3.8, 4) is 0 Å². The third-order valence-corrected chi connectivity index (χ3v) is 6.14. The quantitative estimate of drug-likeness (QED) is 0.693. The molecule has 2 heterocycles. The molecular formula is C18H23FN4O4S. The molecule has 152 valence electrons. The van der Waals surface area contributed by atoms with E-state index < -0.39 is 27.8 Å². The Balaban J connectivity index is 1.88. The molecule has 0 radical (unpaired) electrons. The van der Waals surface area contributed by atoms with Crippen molar-refractivity contribution in [3.63, 3.8) is 0 Å². The van der Waals surface area contributed by atoms with Gasteiger partial charge in [-0.3, -0.25) is 14.9 Å². The lowest BCUT2D eigenvalue weighted by atomic mass is 9.98. The maximum Gasteiger partial charge on any atom is 0.265 e. The van der Waals surface area contributed by atoms with Crippen LogP contribution in [-0.4, -0.2) is 39.9 Å². The van der Waals surface area contributed by atoms with Crippen molar-refractivity contribution in [2.75, 3.05) is 25.4 Å². The van der Waals surface area contributed by atoms with Gasteiger partial charge in [-0.05, 0) is 31.5 Å². The molecular weight excluding hydrogens is 387 g/mol. The molecule has 28 heavy (non-hydrogen) atoms. The number of amides is 1. The lowest BCUT2D eigenvalue weighted by Gasteiger charge is -2.19. The van der Waals surface area contributed by atoms with Crippen LogP contribution < -0.4 is 15.6 Å². The van der Waals surface area contributed by atoms with Gasteiger partial charge in [0.1, 0.15) is 22.2 Å². The van der Waals surface area contributed by atoms with Crippen LogP contribution in [-0.2, 0) is 14.8 Å². The van der Waals surface area contributed by atoms with Crippen LogP contribution in [0.25, 0.3) is 0 Å². The number of rotatable bonds is 5. The summed E-state index contributed by atoms with van der Waals surface area (Å²) in [7, 11) is -0.674. The summed E-state index contributed by atoms with van der Waals surface area (Å²) in [5, 5.41) is 0. The number of aryl methyl sites for hydroxylation is 2. The Bertz CT molecular complexity index is 1000. The molecule has 10 heteroatoms. The van der Waals surface area contributed by atoms with Crippen molar-refractivity contribution in [1.29, 1.82) is 0 Å². The maximum atomic E-state index is 13.7. The molecule has 1 aromatic carbocycles. The molecule has 2 atom stereocenters. The van der Waals surface area contributed by atoms with E-state index in [-0.39, 0.29) is 22.3 Å². The number of furan rings is 1. The zero-order valence-corrected chi connectivity index (χ0v) is 16.9. The highest BCUT2D eigenvalue weighted by Crippen LogP contribution is 2.32. The molecule has 1 amide bonds. The number of sulfonamides is 1. The zero-order valence-electron chi connectivity index (χ0n) is 16.0. The van der Waals surface area contributed by atoms with Gasteiger partial charge in [-0.2, -0.15) is 0 Å². The fraction of sp³-hybridized carbons (Fsp3) is 0.389. The second-order valence-electron chi connectivity index (χ2n) is 6.98. The van der Waals surface area contributed by atoms with Gasteiger partial charge in [0.25, 0.3) is 10.0 Å². The predicted octanol–water partition coefficient (Wildman–Crippen LogP) is 1.69. The third-order valence-electron chi connectivity index (χ3n) is 4.65. The van der Waals surface area contributed by atoms with E-state index >= 15 is 0 Å². The molecule has 0 bridgehead atoms. The van der Waals surface area contributed by atoms with Gasteiger partial charge in [-0.25, -0.2) is 18.2 Å². The van der Waals surface area contributed by atoms with Gasteiger partial charge in [-0.15, -0.1) is 0 Å². The van der Waals surface area contributed by atoms with Crippen LogP contribution in [0.15, 0.2) is 33.6 Å². The SMILES string of the molecule is Cc1ccc(NS(=O)(=O)c2cc(C3NNCC3C(=O)N(C)C)oc2C)cc1F. The summed E-state index contributed by atoms with van der Waals surface area (Å²) in [6.45, 7) is 3.51. The number of hydrazine groups is 1. The lowest BCUT2D eigenvalue weighted by Crippen LogP contribution is -2.34. The molecule has 3 N–H and O–H groups in total. The number of hydrogen-bond donors (Lipinski definition) is 3. The van der Waals surface area contributed by atoms with E-state index in [1.807, 2.05) is 0 Å². The van der Waals surface area contributed by atoms with Crippen LogP contribution in [0, 0.1) is 25.6 Å². The standard InChI is InChI=1S/C18H23FN4O4S/c1-10-5-6-12(7-14(10)19)22-28(25,26)16-8-15(27-11(16)2)17-13(9-20-21-17)18(24)23(3)4/h5-8,13,17,20-22H,9H2,1-4H3. The summed E-state index contributed by atoms with van der Waals surface area (Å²) in [5.41, 5.74) is 6.40. The van der Waals surface area contributed by atoms with Gasteiger partial charge < -0.3 is 9.32 Å². The van der Waals surface area contributed by atoms with E-state index in [0.29, 0.717) is 17.9 Å². The summed E-state index contributed by atoms with van der Waals surface area (Å²) in [6, 6.07) is 4.99. The number of carbonyl (C=O) groups excluding carboxylic acids is 1. The van der Waals surface area contributed by atoms with E-state index in [2.05, 4.69) is 15.6 Å². The monoisotopic (exact) mass is 410 g/mol. The molecule has 1 aliphatic heterocycles. The van der Waals surface area contributed by atoms with Crippen molar-refractivity contribution in [2.45, 2.75) is 24.8 Å². The summed E-state index contributed by atoms with van der Waals surface area (Å²) < 4.78 is 47.3. The van der Waals surface area contributed by atoms with Crippen molar-refractivity contribution in [2.24, 2.45) is 5.92 Å². The van der Waals surface area contributed by atoms with Crippen molar-refractivity contribution in [3.05, 3.63) is 47.2 Å². The first-order chi connectivity index (χ1) is 13.1. The number of nitrogens with zero attached hydrogens (tertiary/aromatic N) is 1. The Labute approximate surface area is 163 Å². The lowest BCUT2D eigenvalue weighted by molar-refractivity contribution is -0.133. The Morgan fingerprint density at radius 3 is 2.64 bits per heavy atom. The molecule has 0 spiro atoms. The molecule has 0 saturated carbocycles. The molecule has 3 rings (SSSR count). The predicted molar refractivity (Wildman–Crippen MR) is 101 cm³/mol. The van der Waals surface area contributed by atoms with Gasteiger partial charge in [0, 0.05) is 26.7 Å². The van der Waals surface area contributed by atoms with Crippen LogP contribution in [0.4, 0.5) is 10.1 Å². The minimum Gasteiger partial charge on any atom is -0.463 e. The van der Waals surface area contributed by atoms with Gasteiger partial charge >= 0.3 is 0 Å². The van der Waals surface area contributed by atoms with E-state index in [1.54, 1.807) is 21.0 Å². The van der Waals surface area contributed by atoms with Crippen molar-refractivity contribution < 1.29 is 22.0 Å². The summed E-state index contributed by atoms with van der Waals surface area (Å²) in [6.07, 6.45) is 0. The number of anilines is 1. The van der Waals surface area contributed by atoms with Crippen LogP contribution in [0.1, 0.15) is 23.1 Å². The Hall–Kier alpha value is -2.43. The van der Waals surface area contributed by atoms with Crippen LogP contribution >= 0.6 is 0 Å². The first kappa shape index (κ1) is 20.3. The average molecular weight is 410 g/mol. The van der Waals surface area contributed by atoms with Crippen LogP contribution in [0.3, 0.4) is 0 Å². The Morgan fingerprint density at radius 1 is 1.29 bits per heavy atom. The highest BCUT2D eigenvalue weighted by Gasteiger charge is 2.38. The highest BCUT2D eigenvalue weighted by molar-refractivity contribution is 7.92. The molecule has 2 aromatic rings. The molecule has 0 aliphatic carbocycles. The average Bonchev–Trinajstić information content (AvgIpc) is 3.23. The minimum absolute atomic E-state index is 0.0618. The minimum atomic E-state index is -3.99. The topological polar surface area (TPSA) is 104 Å². The highest BCUT2D eigenvalue weighted by atomic mass is 32.2. The first-order valence-electron chi connectivity index (χ1n) is 8.69. The van der Waals surface area contributed by atoms with Gasteiger partial charge in [-0.1, -0.05) is 6.07 Å². The molecule has 2 unspecified atom stereocenters. The molecule has 1 fully saturated rings. The maximum absolute atomic E-state index is 13.7. The van der Waals surface area contributed by atoms with Gasteiger partial charge in [0.05, 0.1) is 17.6 Å². The van der Waals surface area contributed by atoms with E-state index in [0.717, 1.165) is 6.07 Å². The van der Waals surface area contributed by atoms with Crippen LogP contribution in [0.2, 0.25) is 0 Å². The van der Waals surface area contributed by atoms with E-state index in [1.165, 1.54) is 30.0 Å². The van der Waals surface area contributed by atoms with Crippen molar-refractivity contribution >= 4 is 21.6 Å². The van der Waals surface area contributed by atoms with Gasteiger partial charge in [0.15, 0.2) is 0 Å². The van der Waals surface area contributed by atoms with E-state index in [9.17, 15) is 17.6 Å². The van der Waals surface area contributed by atoms with Crippen molar-refractivity contribution in [1.82, 2.24) is 15.8 Å². The number of nitrogens with one attached hydrogen (secondary N) is 3. The van der Waals surface area contributed by atoms with Gasteiger partial charge in [0.2, 0.25) is 5.91 Å². The normalized spacial score (nSPS) is 19.6. The fourth-order valence-corrected chi connectivity index (χ4v) is 4.34. The fourth-order valence-electron chi connectivity index (χ4n) is 3.10. The van der Waals surface area contributed by atoms with Crippen LogP contribution in [0.5, 0.6) is 0 Å². The number of halogens is 1. The summed E-state index contributed by atoms with van der Waals surface area (Å²) >= 11 is 0. The number of carbonyl (C=O) groups is 1. The number of benzene rings is 1.